The van der Waals surface area contributed by atoms with E-state index in [1.54, 1.807) is 25.1 Å². The molecule has 0 unspecified atom stereocenters. The highest BCUT2D eigenvalue weighted by Crippen LogP contribution is 2.14. The Kier molecular flexibility index (Phi) is 4.94. The minimum absolute atomic E-state index is 0.0741. The summed E-state index contributed by atoms with van der Waals surface area (Å²) in [6, 6.07) is 9.07. The fourth-order valence-electron chi connectivity index (χ4n) is 1.84. The molecule has 1 aromatic carbocycles. The fraction of sp³-hybridized carbons (Fsp3) is 0.286. The number of aryl methyl sites for hydroxylation is 1. The number of rotatable bonds is 6. The maximum absolute atomic E-state index is 12.1. The van der Waals surface area contributed by atoms with Crippen LogP contribution in [0.5, 0.6) is 5.75 Å². The molecule has 0 saturated carbocycles. The van der Waals surface area contributed by atoms with E-state index in [2.05, 4.69) is 9.82 Å². The van der Waals surface area contributed by atoms with Crippen molar-refractivity contribution in [3.63, 3.8) is 0 Å². The lowest BCUT2D eigenvalue weighted by molar-refractivity contribution is 0.414. The molecule has 2 rings (SSSR count). The van der Waals surface area contributed by atoms with E-state index in [0.717, 1.165) is 0 Å². The van der Waals surface area contributed by atoms with Gasteiger partial charge in [-0.05, 0) is 37.3 Å². The van der Waals surface area contributed by atoms with Crippen LogP contribution >= 0.6 is 0 Å². The Balaban J connectivity index is 2.03. The van der Waals surface area contributed by atoms with Crippen LogP contribution in [0.2, 0.25) is 0 Å². The minimum Gasteiger partial charge on any atom is -0.497 e. The van der Waals surface area contributed by atoms with Gasteiger partial charge in [0.25, 0.3) is 5.56 Å². The van der Waals surface area contributed by atoms with Crippen LogP contribution in [0.15, 0.2) is 46.1 Å². The molecule has 0 fully saturated rings. The number of nitrogens with zero attached hydrogens (tertiary/aromatic N) is 2. The smallest absolute Gasteiger partial charge is 0.266 e. The highest BCUT2D eigenvalue weighted by Gasteiger charge is 2.13. The molecule has 0 spiro atoms. The van der Waals surface area contributed by atoms with Crippen LogP contribution in [0.3, 0.4) is 0 Å². The molecule has 0 amide bonds. The Morgan fingerprint density at radius 1 is 1.18 bits per heavy atom. The molecule has 0 saturated heterocycles. The average molecular weight is 323 g/mol. The summed E-state index contributed by atoms with van der Waals surface area (Å²) in [6.45, 7) is 2.00. The maximum Gasteiger partial charge on any atom is 0.266 e. The molecule has 7 nitrogen and oxygen atoms in total. The van der Waals surface area contributed by atoms with Gasteiger partial charge in [0.2, 0.25) is 10.0 Å². The molecule has 118 valence electrons. The zero-order valence-electron chi connectivity index (χ0n) is 12.3. The molecule has 0 aliphatic rings. The largest absolute Gasteiger partial charge is 0.497 e. The number of methoxy groups -OCH3 is 1. The van der Waals surface area contributed by atoms with Gasteiger partial charge in [-0.15, -0.1) is 0 Å². The van der Waals surface area contributed by atoms with Gasteiger partial charge >= 0.3 is 0 Å². The summed E-state index contributed by atoms with van der Waals surface area (Å²) in [5.41, 5.74) is 0.423. The van der Waals surface area contributed by atoms with Crippen molar-refractivity contribution in [2.75, 3.05) is 13.7 Å². The molecule has 2 aromatic rings. The second-order valence-corrected chi connectivity index (χ2v) is 6.38. The Morgan fingerprint density at radius 3 is 2.50 bits per heavy atom. The number of aromatic nitrogens is 2. The Bertz CT molecular complexity index is 798. The molecule has 1 heterocycles. The summed E-state index contributed by atoms with van der Waals surface area (Å²) in [5, 5.41) is 4.04. The van der Waals surface area contributed by atoms with Crippen molar-refractivity contribution in [3.05, 3.63) is 52.4 Å². The van der Waals surface area contributed by atoms with Crippen LogP contribution in [-0.2, 0) is 16.6 Å². The van der Waals surface area contributed by atoms with Gasteiger partial charge in [-0.2, -0.15) is 5.10 Å². The standard InChI is InChI=1S/C14H17N3O4S/c1-11-3-8-14(18)17(16-11)10-9-15-22(19,20)13-6-4-12(21-2)5-7-13/h3-8,15H,9-10H2,1-2H3. The van der Waals surface area contributed by atoms with Crippen molar-refractivity contribution in [1.29, 1.82) is 0 Å². The summed E-state index contributed by atoms with van der Waals surface area (Å²) in [4.78, 5) is 11.7. The first-order valence-corrected chi connectivity index (χ1v) is 8.09. The van der Waals surface area contributed by atoms with Gasteiger partial charge in [0, 0.05) is 12.6 Å². The van der Waals surface area contributed by atoms with E-state index in [1.807, 2.05) is 0 Å². The summed E-state index contributed by atoms with van der Waals surface area (Å²) in [5.74, 6) is 0.578. The van der Waals surface area contributed by atoms with E-state index >= 15 is 0 Å². The Labute approximate surface area is 128 Å². The van der Waals surface area contributed by atoms with Gasteiger partial charge < -0.3 is 4.74 Å². The van der Waals surface area contributed by atoms with Crippen LogP contribution in [-0.4, -0.2) is 31.9 Å². The molecule has 8 heteroatoms. The van der Waals surface area contributed by atoms with E-state index in [1.165, 1.54) is 30.0 Å². The van der Waals surface area contributed by atoms with Crippen molar-refractivity contribution in [2.45, 2.75) is 18.4 Å². The van der Waals surface area contributed by atoms with Crippen molar-refractivity contribution >= 4 is 10.0 Å². The molecule has 0 aliphatic carbocycles. The second kappa shape index (κ2) is 6.71. The van der Waals surface area contributed by atoms with Crippen molar-refractivity contribution < 1.29 is 13.2 Å². The van der Waals surface area contributed by atoms with Gasteiger partial charge in [0.05, 0.1) is 24.2 Å². The average Bonchev–Trinajstić information content (AvgIpc) is 2.50. The molecule has 0 atom stereocenters. The first kappa shape index (κ1) is 16.2. The van der Waals surface area contributed by atoms with Gasteiger partial charge in [0.15, 0.2) is 0 Å². The van der Waals surface area contributed by atoms with Crippen LogP contribution in [0.4, 0.5) is 0 Å². The number of sulfonamides is 1. The summed E-state index contributed by atoms with van der Waals surface area (Å²) >= 11 is 0. The lowest BCUT2D eigenvalue weighted by atomic mass is 10.3. The van der Waals surface area contributed by atoms with Gasteiger partial charge in [-0.3, -0.25) is 4.79 Å². The summed E-state index contributed by atoms with van der Waals surface area (Å²) in [7, 11) is -2.12. The topological polar surface area (TPSA) is 90.3 Å². The van der Waals surface area contributed by atoms with E-state index in [-0.39, 0.29) is 23.5 Å². The van der Waals surface area contributed by atoms with Crippen molar-refractivity contribution in [3.8, 4) is 5.75 Å². The highest BCUT2D eigenvalue weighted by molar-refractivity contribution is 7.89. The second-order valence-electron chi connectivity index (χ2n) is 4.61. The lowest BCUT2D eigenvalue weighted by Gasteiger charge is -2.08. The summed E-state index contributed by atoms with van der Waals surface area (Å²) < 4.78 is 32.9. The van der Waals surface area contributed by atoms with E-state index in [4.69, 9.17) is 4.74 Å². The van der Waals surface area contributed by atoms with Gasteiger partial charge in [0.1, 0.15) is 5.75 Å². The number of nitrogens with one attached hydrogen (secondary N) is 1. The monoisotopic (exact) mass is 323 g/mol. The Morgan fingerprint density at radius 2 is 1.86 bits per heavy atom. The van der Waals surface area contributed by atoms with E-state index in [9.17, 15) is 13.2 Å². The van der Waals surface area contributed by atoms with Crippen molar-refractivity contribution in [1.82, 2.24) is 14.5 Å². The number of ether oxygens (including phenoxy) is 1. The first-order valence-electron chi connectivity index (χ1n) is 6.61. The number of benzene rings is 1. The first-order chi connectivity index (χ1) is 10.4. The highest BCUT2D eigenvalue weighted by atomic mass is 32.2. The molecule has 22 heavy (non-hydrogen) atoms. The van der Waals surface area contributed by atoms with Gasteiger partial charge in [-0.1, -0.05) is 0 Å². The Hall–Kier alpha value is -2.19. The van der Waals surface area contributed by atoms with Crippen LogP contribution < -0.4 is 15.0 Å². The SMILES string of the molecule is COc1ccc(S(=O)(=O)NCCn2nc(C)ccc2=O)cc1. The minimum atomic E-state index is -3.63. The fourth-order valence-corrected chi connectivity index (χ4v) is 2.86. The molecular weight excluding hydrogens is 306 g/mol. The van der Waals surface area contributed by atoms with E-state index in [0.29, 0.717) is 11.4 Å². The number of hydrogen-bond donors (Lipinski definition) is 1. The molecule has 1 aromatic heterocycles. The lowest BCUT2D eigenvalue weighted by Crippen LogP contribution is -2.32. The molecule has 1 N–H and O–H groups in total. The van der Waals surface area contributed by atoms with Crippen LogP contribution in [0.1, 0.15) is 5.69 Å². The van der Waals surface area contributed by atoms with E-state index < -0.39 is 10.0 Å². The van der Waals surface area contributed by atoms with Crippen LogP contribution in [0.25, 0.3) is 0 Å². The molecule has 0 radical (unpaired) electrons. The third kappa shape index (κ3) is 3.92. The van der Waals surface area contributed by atoms with Gasteiger partial charge in [-0.25, -0.2) is 17.8 Å². The zero-order valence-corrected chi connectivity index (χ0v) is 13.1. The van der Waals surface area contributed by atoms with Crippen LogP contribution in [0, 0.1) is 6.92 Å². The third-order valence-electron chi connectivity index (χ3n) is 2.99. The summed E-state index contributed by atoms with van der Waals surface area (Å²) in [6.07, 6.45) is 0. The quantitative estimate of drug-likeness (QED) is 0.838. The maximum atomic E-state index is 12.1. The molecular formula is C14H17N3O4S. The molecule has 0 aliphatic heterocycles. The predicted octanol–water partition coefficient (Wildman–Crippen LogP) is 0.539. The molecule has 0 bridgehead atoms. The predicted molar refractivity (Wildman–Crippen MR) is 81.4 cm³/mol. The zero-order chi connectivity index (χ0) is 16.2. The van der Waals surface area contributed by atoms with Crippen molar-refractivity contribution in [2.24, 2.45) is 0 Å². The normalized spacial score (nSPS) is 11.4. The number of hydrogen-bond acceptors (Lipinski definition) is 5. The third-order valence-corrected chi connectivity index (χ3v) is 4.46.